The lowest BCUT2D eigenvalue weighted by Gasteiger charge is -2.18. The molecule has 4 rings (SSSR count). The summed E-state index contributed by atoms with van der Waals surface area (Å²) in [7, 11) is -2.13. The Balaban J connectivity index is 1.46. The second kappa shape index (κ2) is 10.0. The van der Waals surface area contributed by atoms with E-state index >= 15 is 0 Å². The summed E-state index contributed by atoms with van der Waals surface area (Å²) in [6, 6.07) is 24.7. The number of carbonyl (C=O) groups excluding carboxylic acids is 1. The summed E-state index contributed by atoms with van der Waals surface area (Å²) in [6.45, 7) is 2.12. The molecule has 1 heterocycles. The summed E-state index contributed by atoms with van der Waals surface area (Å²) in [5.41, 5.74) is 2.95. The predicted octanol–water partition coefficient (Wildman–Crippen LogP) is 4.18. The van der Waals surface area contributed by atoms with Gasteiger partial charge < -0.3 is 4.90 Å². The van der Waals surface area contributed by atoms with Crippen LogP contribution in [0.25, 0.3) is 5.69 Å². The maximum absolute atomic E-state index is 13.0. The first-order valence-corrected chi connectivity index (χ1v) is 12.3. The summed E-state index contributed by atoms with van der Waals surface area (Å²) in [5.74, 6) is -0.277. The van der Waals surface area contributed by atoms with Crippen molar-refractivity contribution in [3.63, 3.8) is 0 Å². The van der Waals surface area contributed by atoms with Crippen molar-refractivity contribution >= 4 is 15.9 Å². The third kappa shape index (κ3) is 5.41. The molecule has 174 valence electrons. The van der Waals surface area contributed by atoms with E-state index in [4.69, 9.17) is 0 Å². The van der Waals surface area contributed by atoms with Gasteiger partial charge in [0.25, 0.3) is 5.91 Å². The summed E-state index contributed by atoms with van der Waals surface area (Å²) in [6.07, 6.45) is 3.58. The molecule has 0 saturated carbocycles. The topological polar surface area (TPSA) is 84.3 Å². The highest BCUT2D eigenvalue weighted by Gasteiger charge is 2.21. The van der Waals surface area contributed by atoms with E-state index in [1.807, 2.05) is 66.9 Å². The van der Waals surface area contributed by atoms with Crippen LogP contribution in [0.1, 0.15) is 34.5 Å². The van der Waals surface area contributed by atoms with E-state index in [2.05, 4.69) is 9.82 Å². The van der Waals surface area contributed by atoms with Crippen molar-refractivity contribution in [2.45, 2.75) is 24.4 Å². The Bertz CT molecular complexity index is 1370. The van der Waals surface area contributed by atoms with Gasteiger partial charge in [0.15, 0.2) is 0 Å². The molecule has 1 atom stereocenters. The van der Waals surface area contributed by atoms with E-state index in [0.29, 0.717) is 12.1 Å². The molecule has 0 spiro atoms. The average molecular weight is 475 g/mol. The Labute approximate surface area is 199 Å². The summed E-state index contributed by atoms with van der Waals surface area (Å²) in [4.78, 5) is 14.6. The Morgan fingerprint density at radius 2 is 1.68 bits per heavy atom. The molecule has 0 aliphatic rings. The van der Waals surface area contributed by atoms with Crippen LogP contribution in [0.5, 0.6) is 0 Å². The fourth-order valence-electron chi connectivity index (χ4n) is 3.64. The lowest BCUT2D eigenvalue weighted by Crippen LogP contribution is -2.28. The van der Waals surface area contributed by atoms with Crippen molar-refractivity contribution in [3.8, 4) is 5.69 Å². The average Bonchev–Trinajstić information content (AvgIpc) is 3.33. The second-order valence-electron chi connectivity index (χ2n) is 8.07. The van der Waals surface area contributed by atoms with Crippen LogP contribution in [0, 0.1) is 0 Å². The van der Waals surface area contributed by atoms with Gasteiger partial charge in [-0.25, -0.2) is 17.8 Å². The van der Waals surface area contributed by atoms with Crippen LogP contribution in [0.15, 0.2) is 102 Å². The van der Waals surface area contributed by atoms with Gasteiger partial charge in [-0.3, -0.25) is 4.79 Å². The number of hydrogen-bond donors (Lipinski definition) is 1. The molecule has 0 aliphatic heterocycles. The minimum Gasteiger partial charge on any atom is -0.337 e. The fourth-order valence-corrected chi connectivity index (χ4v) is 4.91. The number of nitrogens with one attached hydrogen (secondary N) is 1. The smallest absolute Gasteiger partial charge is 0.253 e. The molecule has 4 aromatic rings. The van der Waals surface area contributed by atoms with Crippen LogP contribution in [-0.4, -0.2) is 36.1 Å². The SMILES string of the molecule is CC(NS(=O)(=O)c1cccc(C(=O)N(C)Cc2cnn(-c3ccccc3)c2)c1)c1ccccc1. The quantitative estimate of drug-likeness (QED) is 0.415. The van der Waals surface area contributed by atoms with Crippen LogP contribution in [0.4, 0.5) is 0 Å². The summed E-state index contributed by atoms with van der Waals surface area (Å²) < 4.78 is 30.3. The van der Waals surface area contributed by atoms with E-state index in [0.717, 1.165) is 16.8 Å². The molecule has 0 aliphatic carbocycles. The van der Waals surface area contributed by atoms with Gasteiger partial charge in [0.1, 0.15) is 0 Å². The highest BCUT2D eigenvalue weighted by Crippen LogP contribution is 2.19. The molecule has 8 heteroatoms. The number of nitrogens with zero attached hydrogens (tertiary/aromatic N) is 3. The Hall–Kier alpha value is -3.75. The van der Waals surface area contributed by atoms with E-state index in [1.165, 1.54) is 17.0 Å². The molecule has 34 heavy (non-hydrogen) atoms. The monoisotopic (exact) mass is 474 g/mol. The third-order valence-corrected chi connectivity index (χ3v) is 6.98. The number of hydrogen-bond acceptors (Lipinski definition) is 4. The van der Waals surface area contributed by atoms with Crippen molar-refractivity contribution in [2.24, 2.45) is 0 Å². The number of carbonyl (C=O) groups is 1. The highest BCUT2D eigenvalue weighted by molar-refractivity contribution is 7.89. The van der Waals surface area contributed by atoms with Crippen LogP contribution < -0.4 is 4.72 Å². The van der Waals surface area contributed by atoms with Gasteiger partial charge >= 0.3 is 0 Å². The van der Waals surface area contributed by atoms with Crippen molar-refractivity contribution in [1.82, 2.24) is 19.4 Å². The first-order chi connectivity index (χ1) is 16.3. The minimum atomic E-state index is -3.81. The molecular formula is C26H26N4O3S. The molecule has 0 radical (unpaired) electrons. The third-order valence-electron chi connectivity index (χ3n) is 5.45. The van der Waals surface area contributed by atoms with Gasteiger partial charge in [-0.05, 0) is 42.8 Å². The zero-order chi connectivity index (χ0) is 24.1. The van der Waals surface area contributed by atoms with Crippen LogP contribution >= 0.6 is 0 Å². The van der Waals surface area contributed by atoms with Crippen molar-refractivity contribution in [2.75, 3.05) is 7.05 Å². The number of rotatable bonds is 8. The number of aromatic nitrogens is 2. The Kier molecular flexibility index (Phi) is 6.90. The zero-order valence-corrected chi connectivity index (χ0v) is 19.8. The molecule has 1 unspecified atom stereocenters. The number of para-hydroxylation sites is 1. The first kappa shape index (κ1) is 23.4. The van der Waals surface area contributed by atoms with E-state index < -0.39 is 16.1 Å². The highest BCUT2D eigenvalue weighted by atomic mass is 32.2. The number of benzene rings is 3. The minimum absolute atomic E-state index is 0.0476. The number of amides is 1. The largest absolute Gasteiger partial charge is 0.337 e. The van der Waals surface area contributed by atoms with E-state index in [-0.39, 0.29) is 10.8 Å². The number of sulfonamides is 1. The molecule has 0 bridgehead atoms. The Morgan fingerprint density at radius 1 is 1.00 bits per heavy atom. The van der Waals surface area contributed by atoms with E-state index in [1.54, 1.807) is 37.0 Å². The maximum atomic E-state index is 13.0. The second-order valence-corrected chi connectivity index (χ2v) is 9.79. The van der Waals surface area contributed by atoms with Gasteiger partial charge in [0.2, 0.25) is 10.0 Å². The predicted molar refractivity (Wildman–Crippen MR) is 131 cm³/mol. The molecule has 1 aromatic heterocycles. The molecule has 1 amide bonds. The maximum Gasteiger partial charge on any atom is 0.253 e. The molecule has 1 N–H and O–H groups in total. The Morgan fingerprint density at radius 3 is 2.38 bits per heavy atom. The van der Waals surface area contributed by atoms with Crippen LogP contribution in [0.3, 0.4) is 0 Å². The first-order valence-electron chi connectivity index (χ1n) is 10.9. The van der Waals surface area contributed by atoms with Gasteiger partial charge in [-0.1, -0.05) is 54.6 Å². The van der Waals surface area contributed by atoms with Crippen LogP contribution in [0.2, 0.25) is 0 Å². The van der Waals surface area contributed by atoms with E-state index in [9.17, 15) is 13.2 Å². The standard InChI is InChI=1S/C26H26N4O3S/c1-20(22-10-5-3-6-11-22)28-34(32,33)25-15-9-12-23(16-25)26(31)29(2)18-21-17-27-30(19-21)24-13-7-4-8-14-24/h3-17,19-20,28H,18H2,1-2H3. The zero-order valence-electron chi connectivity index (χ0n) is 19.0. The lowest BCUT2D eigenvalue weighted by atomic mass is 10.1. The van der Waals surface area contributed by atoms with Gasteiger partial charge in [-0.2, -0.15) is 5.10 Å². The summed E-state index contributed by atoms with van der Waals surface area (Å²) >= 11 is 0. The van der Waals surface area contributed by atoms with Crippen molar-refractivity contribution in [3.05, 3.63) is 114 Å². The molecule has 0 saturated heterocycles. The normalized spacial score (nSPS) is 12.3. The lowest BCUT2D eigenvalue weighted by molar-refractivity contribution is 0.0785. The van der Waals surface area contributed by atoms with Crippen molar-refractivity contribution < 1.29 is 13.2 Å². The van der Waals surface area contributed by atoms with Gasteiger partial charge in [-0.15, -0.1) is 0 Å². The van der Waals surface area contributed by atoms with Crippen LogP contribution in [-0.2, 0) is 16.6 Å². The molecule has 7 nitrogen and oxygen atoms in total. The molecular weight excluding hydrogens is 448 g/mol. The van der Waals surface area contributed by atoms with Crippen molar-refractivity contribution in [1.29, 1.82) is 0 Å². The molecule has 3 aromatic carbocycles. The van der Waals surface area contributed by atoms with Gasteiger partial charge in [0, 0.05) is 37.0 Å². The fraction of sp³-hybridized carbons (Fsp3) is 0.154. The molecule has 0 fully saturated rings. The summed E-state index contributed by atoms with van der Waals surface area (Å²) in [5, 5.41) is 4.36. The van der Waals surface area contributed by atoms with Gasteiger partial charge in [0.05, 0.1) is 16.8 Å².